The van der Waals surface area contributed by atoms with Crippen molar-refractivity contribution < 1.29 is 14.3 Å². The van der Waals surface area contributed by atoms with E-state index in [1.165, 1.54) is 0 Å². The van der Waals surface area contributed by atoms with E-state index in [1.807, 2.05) is 30.3 Å². The van der Waals surface area contributed by atoms with Gasteiger partial charge in [0.05, 0.1) is 12.0 Å². The van der Waals surface area contributed by atoms with Gasteiger partial charge in [-0.25, -0.2) is 4.39 Å². The third kappa shape index (κ3) is 3.38. The van der Waals surface area contributed by atoms with Crippen molar-refractivity contribution in [1.82, 2.24) is 10.2 Å². The number of nitrogens with zero attached hydrogens (tertiary/aromatic N) is 1. The van der Waals surface area contributed by atoms with Crippen molar-refractivity contribution in [2.75, 3.05) is 13.1 Å². The monoisotopic (exact) mass is 352 g/mol. The maximum Gasteiger partial charge on any atom is 0.306 e. The van der Waals surface area contributed by atoms with Crippen molar-refractivity contribution >= 4 is 5.97 Å². The molecule has 0 radical (unpaired) electrons. The number of hydrogen-bond acceptors (Lipinski definition) is 3. The van der Waals surface area contributed by atoms with Crippen molar-refractivity contribution in [3.8, 4) is 11.8 Å². The number of benzene rings is 1. The zero-order valence-electron chi connectivity index (χ0n) is 14.4. The number of carbonyl (C=O) groups is 1. The summed E-state index contributed by atoms with van der Waals surface area (Å²) < 4.78 is 14.5. The summed E-state index contributed by atoms with van der Waals surface area (Å²) >= 11 is 0. The average Bonchev–Trinajstić information content (AvgIpc) is 2.59. The summed E-state index contributed by atoms with van der Waals surface area (Å²) in [6.07, 6.45) is 3.89. The van der Waals surface area contributed by atoms with Gasteiger partial charge in [0.2, 0.25) is 0 Å². The van der Waals surface area contributed by atoms with Crippen LogP contribution in [0.1, 0.15) is 24.8 Å². The minimum atomic E-state index is -0.703. The normalized spacial score (nSPS) is 28.0. The van der Waals surface area contributed by atoms with E-state index in [4.69, 9.17) is 5.11 Å². The van der Waals surface area contributed by atoms with Crippen LogP contribution in [0.2, 0.25) is 0 Å². The molecule has 0 bridgehead atoms. The zero-order valence-corrected chi connectivity index (χ0v) is 14.4. The van der Waals surface area contributed by atoms with E-state index in [2.05, 4.69) is 22.1 Å². The molecular weight excluding hydrogens is 331 g/mol. The van der Waals surface area contributed by atoms with E-state index in [9.17, 15) is 9.18 Å². The molecule has 2 N–H and O–H groups in total. The molecule has 3 aliphatic rings. The number of likely N-dealkylation sites (tertiary alicyclic amines) is 1. The smallest absolute Gasteiger partial charge is 0.306 e. The Morgan fingerprint density at radius 3 is 2.73 bits per heavy atom. The molecule has 2 heterocycles. The highest BCUT2D eigenvalue weighted by Gasteiger charge is 2.40. The lowest BCUT2D eigenvalue weighted by atomic mass is 9.78. The number of halogens is 1. The number of aliphatic carboxylic acids is 1. The molecule has 1 aliphatic carbocycles. The van der Waals surface area contributed by atoms with Crippen LogP contribution in [-0.2, 0) is 4.79 Å². The fraction of sp³-hybridized carbons (Fsp3) is 0.381. The molecule has 0 spiro atoms. The molecule has 1 atom stereocenters. The van der Waals surface area contributed by atoms with Crippen LogP contribution in [0.4, 0.5) is 4.39 Å². The number of allylic oxidation sites excluding steroid dienone is 3. The number of rotatable bonds is 2. The average molecular weight is 352 g/mol. The quantitative estimate of drug-likeness (QED) is 0.804. The summed E-state index contributed by atoms with van der Waals surface area (Å²) in [6, 6.07) is 9.96. The summed E-state index contributed by atoms with van der Waals surface area (Å²) in [6.45, 7) is 1.59. The summed E-state index contributed by atoms with van der Waals surface area (Å²) in [5, 5.41) is 12.3. The first kappa shape index (κ1) is 16.9. The van der Waals surface area contributed by atoms with Gasteiger partial charge in [-0.1, -0.05) is 24.1 Å². The molecule has 1 aromatic carbocycles. The number of nitrogens with one attached hydrogen (secondary N) is 1. The van der Waals surface area contributed by atoms with Gasteiger partial charge in [-0.05, 0) is 49.0 Å². The van der Waals surface area contributed by atoms with E-state index in [0.29, 0.717) is 31.1 Å². The van der Waals surface area contributed by atoms with Crippen LogP contribution < -0.4 is 5.32 Å². The predicted molar refractivity (Wildman–Crippen MR) is 96.8 cm³/mol. The largest absolute Gasteiger partial charge is 0.481 e. The molecule has 4 nitrogen and oxygen atoms in total. The first-order chi connectivity index (χ1) is 12.6. The first-order valence-corrected chi connectivity index (χ1v) is 9.01. The van der Waals surface area contributed by atoms with Gasteiger partial charge in [0.15, 0.2) is 5.83 Å². The maximum atomic E-state index is 14.5. The zero-order chi connectivity index (χ0) is 18.1. The Hall–Kier alpha value is -2.58. The Morgan fingerprint density at radius 2 is 2.00 bits per heavy atom. The number of carboxylic acid groups (broad SMARTS) is 1. The molecule has 0 amide bonds. The fourth-order valence-electron chi connectivity index (χ4n) is 3.84. The number of piperidine rings is 1. The van der Waals surface area contributed by atoms with E-state index in [1.54, 1.807) is 6.08 Å². The van der Waals surface area contributed by atoms with Crippen LogP contribution in [0.5, 0.6) is 0 Å². The summed E-state index contributed by atoms with van der Waals surface area (Å²) in [5.74, 6) is 4.67. The highest BCUT2D eigenvalue weighted by molar-refractivity contribution is 5.71. The molecule has 26 heavy (non-hydrogen) atoms. The van der Waals surface area contributed by atoms with Crippen LogP contribution >= 0.6 is 0 Å². The van der Waals surface area contributed by atoms with E-state index < -0.39 is 5.97 Å². The number of hydrogen-bond donors (Lipinski definition) is 2. The van der Waals surface area contributed by atoms with Gasteiger partial charge >= 0.3 is 5.97 Å². The van der Waals surface area contributed by atoms with Crippen LogP contribution in [0.3, 0.4) is 0 Å². The van der Waals surface area contributed by atoms with E-state index in [-0.39, 0.29) is 17.8 Å². The third-order valence-corrected chi connectivity index (χ3v) is 5.49. The highest BCUT2D eigenvalue weighted by Crippen LogP contribution is 2.35. The summed E-state index contributed by atoms with van der Waals surface area (Å²) in [5.41, 5.74) is 2.24. The molecule has 1 saturated heterocycles. The van der Waals surface area contributed by atoms with Crippen LogP contribution in [0.25, 0.3) is 0 Å². The highest BCUT2D eigenvalue weighted by atomic mass is 19.1. The van der Waals surface area contributed by atoms with E-state index in [0.717, 1.165) is 24.1 Å². The molecular formula is C21H21FN2O2. The Kier molecular flexibility index (Phi) is 4.52. The molecule has 1 aromatic rings. The van der Waals surface area contributed by atoms with Crippen LogP contribution in [0.15, 0.2) is 53.5 Å². The van der Waals surface area contributed by atoms with Crippen molar-refractivity contribution in [3.05, 3.63) is 59.1 Å². The van der Waals surface area contributed by atoms with Crippen molar-refractivity contribution in [2.24, 2.45) is 5.92 Å². The molecule has 2 fully saturated rings. The Bertz CT molecular complexity index is 829. The SMILES string of the molecule is O=C(O)C1CC(N2CCC3NC(C#Cc4ccccc4)=C(F)C=C3C2)C1. The topological polar surface area (TPSA) is 52.6 Å². The van der Waals surface area contributed by atoms with Gasteiger partial charge < -0.3 is 10.4 Å². The first-order valence-electron chi connectivity index (χ1n) is 9.01. The maximum absolute atomic E-state index is 14.5. The predicted octanol–water partition coefficient (Wildman–Crippen LogP) is 2.69. The Morgan fingerprint density at radius 1 is 1.23 bits per heavy atom. The lowest BCUT2D eigenvalue weighted by Gasteiger charge is -2.46. The van der Waals surface area contributed by atoms with Crippen LogP contribution in [-0.4, -0.2) is 41.1 Å². The minimum Gasteiger partial charge on any atom is -0.481 e. The second kappa shape index (κ2) is 6.97. The van der Waals surface area contributed by atoms with Gasteiger partial charge in [0.1, 0.15) is 5.70 Å². The van der Waals surface area contributed by atoms with Gasteiger partial charge in [0.25, 0.3) is 0 Å². The van der Waals surface area contributed by atoms with E-state index >= 15 is 0 Å². The van der Waals surface area contributed by atoms with Gasteiger partial charge in [-0.2, -0.15) is 0 Å². The lowest BCUT2D eigenvalue weighted by molar-refractivity contribution is -0.147. The van der Waals surface area contributed by atoms with Crippen molar-refractivity contribution in [1.29, 1.82) is 0 Å². The van der Waals surface area contributed by atoms with Crippen molar-refractivity contribution in [2.45, 2.75) is 31.3 Å². The van der Waals surface area contributed by atoms with Gasteiger partial charge in [-0.3, -0.25) is 9.69 Å². The Labute approximate surface area is 152 Å². The second-order valence-electron chi connectivity index (χ2n) is 7.17. The number of carboxylic acids is 1. The molecule has 134 valence electrons. The molecule has 5 heteroatoms. The Balaban J connectivity index is 1.44. The van der Waals surface area contributed by atoms with Crippen LogP contribution in [0, 0.1) is 17.8 Å². The fourth-order valence-corrected chi connectivity index (χ4v) is 3.84. The van der Waals surface area contributed by atoms with Crippen molar-refractivity contribution in [3.63, 3.8) is 0 Å². The molecule has 1 unspecified atom stereocenters. The third-order valence-electron chi connectivity index (χ3n) is 5.49. The molecule has 1 saturated carbocycles. The number of fused-ring (bicyclic) bond motifs is 1. The second-order valence-corrected chi connectivity index (χ2v) is 7.17. The summed E-state index contributed by atoms with van der Waals surface area (Å²) in [4.78, 5) is 13.3. The molecule has 0 aromatic heterocycles. The minimum absolute atomic E-state index is 0.112. The molecule has 2 aliphatic heterocycles. The molecule has 4 rings (SSSR count). The lowest BCUT2D eigenvalue weighted by Crippen LogP contribution is -2.53. The standard InChI is InChI=1S/C21H21FN2O2/c22-18-12-16-13-24(17-10-15(11-17)21(25)26)9-8-19(16)23-20(18)7-6-14-4-2-1-3-5-14/h1-5,12,15,17,19,23H,8-11,13H2,(H,25,26). The summed E-state index contributed by atoms with van der Waals surface area (Å²) in [7, 11) is 0. The van der Waals surface area contributed by atoms with Gasteiger partial charge in [-0.15, -0.1) is 0 Å². The number of dihydropyridines is 1. The van der Waals surface area contributed by atoms with Gasteiger partial charge in [0, 0.05) is 24.7 Å².